The topological polar surface area (TPSA) is 51.8 Å². The van der Waals surface area contributed by atoms with Crippen molar-refractivity contribution in [1.82, 2.24) is 9.97 Å². The lowest BCUT2D eigenvalue weighted by Gasteiger charge is -2.22. The first-order valence-electron chi connectivity index (χ1n) is 7.75. The van der Waals surface area contributed by atoms with E-state index in [2.05, 4.69) is 37.0 Å². The lowest BCUT2D eigenvalue weighted by Crippen LogP contribution is -2.23. The molecular formula is C18H23N3. The molecule has 0 spiro atoms. The normalized spacial score (nSPS) is 17.6. The molecule has 1 aliphatic carbocycles. The van der Waals surface area contributed by atoms with Crippen molar-refractivity contribution in [2.24, 2.45) is 11.7 Å². The molecule has 0 bridgehead atoms. The van der Waals surface area contributed by atoms with Gasteiger partial charge < -0.3 is 5.73 Å². The second-order valence-corrected chi connectivity index (χ2v) is 6.20. The summed E-state index contributed by atoms with van der Waals surface area (Å²) in [5, 5.41) is 0. The molecule has 1 aliphatic rings. The van der Waals surface area contributed by atoms with Crippen molar-refractivity contribution in [3.63, 3.8) is 0 Å². The lowest BCUT2D eigenvalue weighted by atomic mass is 9.87. The molecule has 0 radical (unpaired) electrons. The van der Waals surface area contributed by atoms with E-state index in [0.29, 0.717) is 5.92 Å². The van der Waals surface area contributed by atoms with Crippen molar-refractivity contribution in [2.75, 3.05) is 6.54 Å². The van der Waals surface area contributed by atoms with Gasteiger partial charge in [0.05, 0.1) is 0 Å². The van der Waals surface area contributed by atoms with E-state index in [1.54, 1.807) is 0 Å². The molecule has 2 aromatic rings. The van der Waals surface area contributed by atoms with Gasteiger partial charge in [0, 0.05) is 18.3 Å². The Kier molecular flexibility index (Phi) is 4.02. The average molecular weight is 281 g/mol. The van der Waals surface area contributed by atoms with Gasteiger partial charge in [0.25, 0.3) is 0 Å². The maximum absolute atomic E-state index is 5.78. The van der Waals surface area contributed by atoms with Gasteiger partial charge >= 0.3 is 0 Å². The Balaban J connectivity index is 1.79. The minimum Gasteiger partial charge on any atom is -0.330 e. The first kappa shape index (κ1) is 14.2. The summed E-state index contributed by atoms with van der Waals surface area (Å²) in [4.78, 5) is 9.33. The molecule has 3 rings (SSSR count). The standard InChI is InChI=1S/C18H23N3/c1-12-3-4-14(7-13(12)2)9-18-20-11-16-8-15(10-19)5-6-17(16)21-18/h3-4,7,11,15H,5-6,8-10,19H2,1-2H3. The molecule has 3 heteroatoms. The van der Waals surface area contributed by atoms with Crippen LogP contribution >= 0.6 is 0 Å². The third kappa shape index (κ3) is 3.13. The third-order valence-corrected chi connectivity index (χ3v) is 4.57. The molecule has 1 atom stereocenters. The molecule has 1 aromatic heterocycles. The maximum atomic E-state index is 5.78. The number of aryl methyl sites for hydroxylation is 3. The summed E-state index contributed by atoms with van der Waals surface area (Å²) >= 11 is 0. The minimum absolute atomic E-state index is 0.603. The van der Waals surface area contributed by atoms with E-state index in [4.69, 9.17) is 10.7 Å². The molecular weight excluding hydrogens is 258 g/mol. The van der Waals surface area contributed by atoms with Crippen molar-refractivity contribution in [1.29, 1.82) is 0 Å². The van der Waals surface area contributed by atoms with E-state index in [9.17, 15) is 0 Å². The van der Waals surface area contributed by atoms with Crippen LogP contribution in [0.3, 0.4) is 0 Å². The van der Waals surface area contributed by atoms with Crippen molar-refractivity contribution < 1.29 is 0 Å². The second kappa shape index (κ2) is 5.94. The van der Waals surface area contributed by atoms with Crippen LogP contribution in [0.25, 0.3) is 0 Å². The van der Waals surface area contributed by atoms with E-state index < -0.39 is 0 Å². The molecule has 21 heavy (non-hydrogen) atoms. The zero-order valence-corrected chi connectivity index (χ0v) is 12.9. The average Bonchev–Trinajstić information content (AvgIpc) is 2.50. The number of fused-ring (bicyclic) bond motifs is 1. The molecule has 1 aromatic carbocycles. The van der Waals surface area contributed by atoms with Gasteiger partial charge in [-0.05, 0) is 67.8 Å². The van der Waals surface area contributed by atoms with Gasteiger partial charge in [-0.25, -0.2) is 9.97 Å². The van der Waals surface area contributed by atoms with Crippen molar-refractivity contribution in [3.05, 3.63) is 58.2 Å². The summed E-state index contributed by atoms with van der Waals surface area (Å²) < 4.78 is 0. The lowest BCUT2D eigenvalue weighted by molar-refractivity contribution is 0.460. The van der Waals surface area contributed by atoms with E-state index >= 15 is 0 Å². The van der Waals surface area contributed by atoms with Gasteiger partial charge in [-0.1, -0.05) is 18.2 Å². The molecule has 2 N–H and O–H groups in total. The fourth-order valence-electron chi connectivity index (χ4n) is 3.01. The SMILES string of the molecule is Cc1ccc(Cc2ncc3c(n2)CCC(CN)C3)cc1C. The van der Waals surface area contributed by atoms with Gasteiger partial charge in [0.15, 0.2) is 0 Å². The van der Waals surface area contributed by atoms with Gasteiger partial charge in [0.2, 0.25) is 0 Å². The Morgan fingerprint density at radius 1 is 1.24 bits per heavy atom. The van der Waals surface area contributed by atoms with E-state index in [1.807, 2.05) is 6.20 Å². The predicted octanol–water partition coefficient (Wildman–Crippen LogP) is 2.75. The van der Waals surface area contributed by atoms with Crippen LogP contribution in [-0.4, -0.2) is 16.5 Å². The van der Waals surface area contributed by atoms with E-state index in [1.165, 1.54) is 27.9 Å². The summed E-state index contributed by atoms with van der Waals surface area (Å²) in [5.41, 5.74) is 12.2. The second-order valence-electron chi connectivity index (χ2n) is 6.20. The van der Waals surface area contributed by atoms with Crippen molar-refractivity contribution in [3.8, 4) is 0 Å². The van der Waals surface area contributed by atoms with Crippen LogP contribution in [-0.2, 0) is 19.3 Å². The molecule has 0 fully saturated rings. The van der Waals surface area contributed by atoms with Crippen LogP contribution in [0, 0.1) is 19.8 Å². The first-order valence-corrected chi connectivity index (χ1v) is 7.75. The van der Waals surface area contributed by atoms with Gasteiger partial charge in [0.1, 0.15) is 5.82 Å². The first-order chi connectivity index (χ1) is 10.2. The predicted molar refractivity (Wildman–Crippen MR) is 85.3 cm³/mol. The van der Waals surface area contributed by atoms with Crippen molar-refractivity contribution in [2.45, 2.75) is 39.5 Å². The molecule has 0 amide bonds. The number of nitrogens with two attached hydrogens (primary N) is 1. The van der Waals surface area contributed by atoms with Crippen molar-refractivity contribution >= 4 is 0 Å². The van der Waals surface area contributed by atoms with Gasteiger partial charge in [-0.15, -0.1) is 0 Å². The Hall–Kier alpha value is -1.74. The number of benzene rings is 1. The van der Waals surface area contributed by atoms with Crippen LogP contribution in [0.15, 0.2) is 24.4 Å². The molecule has 0 aliphatic heterocycles. The molecule has 110 valence electrons. The summed E-state index contributed by atoms with van der Waals surface area (Å²) in [6.07, 6.45) is 6.06. The molecule has 3 nitrogen and oxygen atoms in total. The molecule has 1 heterocycles. The Morgan fingerprint density at radius 3 is 2.86 bits per heavy atom. The quantitative estimate of drug-likeness (QED) is 0.941. The number of rotatable bonds is 3. The fourth-order valence-corrected chi connectivity index (χ4v) is 3.01. The van der Waals surface area contributed by atoms with E-state index in [-0.39, 0.29) is 0 Å². The highest BCUT2D eigenvalue weighted by molar-refractivity contribution is 5.32. The van der Waals surface area contributed by atoms with Gasteiger partial charge in [-0.2, -0.15) is 0 Å². The molecule has 0 saturated heterocycles. The Labute approximate surface area is 126 Å². The van der Waals surface area contributed by atoms with E-state index in [0.717, 1.165) is 38.1 Å². The Bertz CT molecular complexity index is 649. The number of nitrogens with zero attached hydrogens (tertiary/aromatic N) is 2. The highest BCUT2D eigenvalue weighted by atomic mass is 14.9. The maximum Gasteiger partial charge on any atom is 0.132 e. The number of aromatic nitrogens is 2. The van der Waals surface area contributed by atoms with Gasteiger partial charge in [-0.3, -0.25) is 0 Å². The molecule has 0 saturated carbocycles. The van der Waals surface area contributed by atoms with Crippen LogP contribution < -0.4 is 5.73 Å². The highest BCUT2D eigenvalue weighted by Crippen LogP contribution is 2.23. The Morgan fingerprint density at radius 2 is 2.10 bits per heavy atom. The smallest absolute Gasteiger partial charge is 0.132 e. The van der Waals surface area contributed by atoms with Crippen LogP contribution in [0.5, 0.6) is 0 Å². The minimum atomic E-state index is 0.603. The monoisotopic (exact) mass is 281 g/mol. The zero-order valence-electron chi connectivity index (χ0n) is 12.9. The highest BCUT2D eigenvalue weighted by Gasteiger charge is 2.19. The van der Waals surface area contributed by atoms with Crippen LogP contribution in [0.1, 0.15) is 40.2 Å². The summed E-state index contributed by atoms with van der Waals surface area (Å²) in [7, 11) is 0. The van der Waals surface area contributed by atoms with Crippen LogP contribution in [0.2, 0.25) is 0 Å². The summed E-state index contributed by atoms with van der Waals surface area (Å²) in [6.45, 7) is 5.06. The fraction of sp³-hybridized carbons (Fsp3) is 0.444. The number of hydrogen-bond acceptors (Lipinski definition) is 3. The van der Waals surface area contributed by atoms with Crippen LogP contribution in [0.4, 0.5) is 0 Å². The largest absolute Gasteiger partial charge is 0.330 e. The zero-order chi connectivity index (χ0) is 14.8. The number of hydrogen-bond donors (Lipinski definition) is 1. The summed E-state index contributed by atoms with van der Waals surface area (Å²) in [6, 6.07) is 6.59. The summed E-state index contributed by atoms with van der Waals surface area (Å²) in [5.74, 6) is 1.54. The molecule has 1 unspecified atom stereocenters. The third-order valence-electron chi connectivity index (χ3n) is 4.57.